The zero-order chi connectivity index (χ0) is 13.9. The molecule has 20 heavy (non-hydrogen) atoms. The Morgan fingerprint density at radius 2 is 1.90 bits per heavy atom. The van der Waals surface area contributed by atoms with Gasteiger partial charge in [-0.1, -0.05) is 6.42 Å². The molecule has 0 radical (unpaired) electrons. The van der Waals surface area contributed by atoms with E-state index in [1.807, 2.05) is 0 Å². The zero-order valence-corrected chi connectivity index (χ0v) is 11.3. The molecular formula is C14H19N2O4+. The van der Waals surface area contributed by atoms with Gasteiger partial charge in [0.1, 0.15) is 6.54 Å². The SMILES string of the molecule is O=[N+]([O-])c1cc2c(cc1C[NH2+]C1CCCCC1)OCO2. The third-order valence-electron chi connectivity index (χ3n) is 4.09. The largest absolute Gasteiger partial charge is 0.454 e. The summed E-state index contributed by atoms with van der Waals surface area (Å²) < 4.78 is 10.5. The van der Waals surface area contributed by atoms with Crippen molar-refractivity contribution in [1.29, 1.82) is 0 Å². The average Bonchev–Trinajstić information content (AvgIpc) is 2.92. The molecule has 1 aliphatic carbocycles. The number of fused-ring (bicyclic) bond motifs is 1. The summed E-state index contributed by atoms with van der Waals surface area (Å²) in [5.74, 6) is 1.08. The van der Waals surface area contributed by atoms with E-state index in [9.17, 15) is 10.1 Å². The van der Waals surface area contributed by atoms with Crippen LogP contribution in [0.1, 0.15) is 37.7 Å². The van der Waals surface area contributed by atoms with Crippen LogP contribution in [0.15, 0.2) is 12.1 Å². The highest BCUT2D eigenvalue weighted by Crippen LogP contribution is 2.37. The van der Waals surface area contributed by atoms with E-state index < -0.39 is 0 Å². The van der Waals surface area contributed by atoms with E-state index in [1.54, 1.807) is 6.07 Å². The second-order valence-corrected chi connectivity index (χ2v) is 5.43. The third kappa shape index (κ3) is 2.70. The maximum Gasteiger partial charge on any atom is 0.282 e. The molecule has 1 aromatic rings. The molecule has 0 unspecified atom stereocenters. The summed E-state index contributed by atoms with van der Waals surface area (Å²) >= 11 is 0. The number of nitro groups is 1. The minimum Gasteiger partial charge on any atom is -0.454 e. The fraction of sp³-hybridized carbons (Fsp3) is 0.571. The topological polar surface area (TPSA) is 78.2 Å². The Hall–Kier alpha value is -1.82. The van der Waals surface area contributed by atoms with Gasteiger partial charge in [-0.25, -0.2) is 0 Å². The van der Waals surface area contributed by atoms with Crippen LogP contribution in [-0.4, -0.2) is 17.8 Å². The molecule has 6 nitrogen and oxygen atoms in total. The molecule has 1 fully saturated rings. The van der Waals surface area contributed by atoms with Crippen molar-refractivity contribution in [3.05, 3.63) is 27.8 Å². The Morgan fingerprint density at radius 3 is 2.60 bits per heavy atom. The van der Waals surface area contributed by atoms with Gasteiger partial charge >= 0.3 is 0 Å². The van der Waals surface area contributed by atoms with E-state index in [4.69, 9.17) is 9.47 Å². The molecule has 1 aliphatic heterocycles. The van der Waals surface area contributed by atoms with Crippen molar-refractivity contribution >= 4 is 5.69 Å². The normalized spacial score (nSPS) is 18.2. The summed E-state index contributed by atoms with van der Waals surface area (Å²) in [6.07, 6.45) is 6.26. The third-order valence-corrected chi connectivity index (χ3v) is 4.09. The first kappa shape index (κ1) is 13.2. The van der Waals surface area contributed by atoms with Crippen molar-refractivity contribution in [2.24, 2.45) is 0 Å². The fourth-order valence-corrected chi connectivity index (χ4v) is 2.97. The highest BCUT2D eigenvalue weighted by molar-refractivity contribution is 5.54. The number of nitrogens with zero attached hydrogens (tertiary/aromatic N) is 1. The van der Waals surface area contributed by atoms with Crippen molar-refractivity contribution in [2.45, 2.75) is 44.7 Å². The van der Waals surface area contributed by atoms with Crippen molar-refractivity contribution in [2.75, 3.05) is 6.79 Å². The lowest BCUT2D eigenvalue weighted by Gasteiger charge is -2.19. The molecule has 0 bridgehead atoms. The van der Waals surface area contributed by atoms with Gasteiger partial charge in [-0.2, -0.15) is 0 Å². The second-order valence-electron chi connectivity index (χ2n) is 5.43. The Morgan fingerprint density at radius 1 is 1.20 bits per heavy atom. The molecule has 108 valence electrons. The van der Waals surface area contributed by atoms with Crippen molar-refractivity contribution in [3.8, 4) is 11.5 Å². The zero-order valence-electron chi connectivity index (χ0n) is 11.3. The summed E-state index contributed by atoms with van der Waals surface area (Å²) in [5, 5.41) is 13.4. The molecule has 6 heteroatoms. The molecule has 2 aliphatic rings. The first-order valence-electron chi connectivity index (χ1n) is 7.14. The lowest BCUT2D eigenvalue weighted by molar-refractivity contribution is -0.707. The van der Waals surface area contributed by atoms with Gasteiger partial charge in [0.25, 0.3) is 5.69 Å². The van der Waals surface area contributed by atoms with E-state index in [1.165, 1.54) is 38.2 Å². The number of quaternary nitrogens is 1. The number of hydrogen-bond acceptors (Lipinski definition) is 4. The predicted octanol–water partition coefficient (Wildman–Crippen LogP) is 1.72. The summed E-state index contributed by atoms with van der Waals surface area (Å²) in [5.41, 5.74) is 0.839. The quantitative estimate of drug-likeness (QED) is 0.672. The smallest absolute Gasteiger partial charge is 0.282 e. The van der Waals surface area contributed by atoms with Crippen LogP contribution >= 0.6 is 0 Å². The molecule has 0 spiro atoms. The first-order valence-corrected chi connectivity index (χ1v) is 7.14. The van der Waals surface area contributed by atoms with Crippen LogP contribution in [0.25, 0.3) is 0 Å². The fourth-order valence-electron chi connectivity index (χ4n) is 2.97. The Labute approximate surface area is 117 Å². The molecule has 0 amide bonds. The molecular weight excluding hydrogens is 260 g/mol. The summed E-state index contributed by atoms with van der Waals surface area (Å²) in [7, 11) is 0. The van der Waals surface area contributed by atoms with Crippen LogP contribution in [0, 0.1) is 10.1 Å². The van der Waals surface area contributed by atoms with E-state index in [-0.39, 0.29) is 17.4 Å². The lowest BCUT2D eigenvalue weighted by atomic mass is 9.95. The highest BCUT2D eigenvalue weighted by atomic mass is 16.7. The van der Waals surface area contributed by atoms with Crippen LogP contribution in [0.4, 0.5) is 5.69 Å². The van der Waals surface area contributed by atoms with Crippen LogP contribution in [0.5, 0.6) is 11.5 Å². The minimum absolute atomic E-state index is 0.126. The second kappa shape index (κ2) is 5.66. The van der Waals surface area contributed by atoms with Gasteiger partial charge < -0.3 is 14.8 Å². The van der Waals surface area contributed by atoms with E-state index >= 15 is 0 Å². The molecule has 0 atom stereocenters. The monoisotopic (exact) mass is 279 g/mol. The van der Waals surface area contributed by atoms with Gasteiger partial charge in [0.05, 0.1) is 22.6 Å². The highest BCUT2D eigenvalue weighted by Gasteiger charge is 2.25. The summed E-state index contributed by atoms with van der Waals surface area (Å²) in [6, 6.07) is 3.82. The summed E-state index contributed by atoms with van der Waals surface area (Å²) in [4.78, 5) is 10.8. The van der Waals surface area contributed by atoms with Crippen molar-refractivity contribution < 1.29 is 19.7 Å². The van der Waals surface area contributed by atoms with Gasteiger partial charge in [0.15, 0.2) is 11.5 Å². The number of nitrogens with two attached hydrogens (primary N) is 1. The van der Waals surface area contributed by atoms with Crippen molar-refractivity contribution in [3.63, 3.8) is 0 Å². The first-order chi connectivity index (χ1) is 9.74. The van der Waals surface area contributed by atoms with Gasteiger partial charge in [0, 0.05) is 0 Å². The molecule has 1 saturated carbocycles. The number of ether oxygens (including phenoxy) is 2. The van der Waals surface area contributed by atoms with Crippen molar-refractivity contribution in [1.82, 2.24) is 0 Å². The summed E-state index contributed by atoms with van der Waals surface area (Å²) in [6.45, 7) is 0.764. The minimum atomic E-state index is -0.341. The number of rotatable bonds is 4. The molecule has 1 aromatic carbocycles. The van der Waals surface area contributed by atoms with Crippen LogP contribution in [0.2, 0.25) is 0 Å². The standard InChI is InChI=1S/C14H18N2O4/c17-16(18)12-7-14-13(19-9-20-14)6-10(12)8-15-11-4-2-1-3-5-11/h6-7,11,15H,1-5,8-9H2/p+1. The van der Waals surface area contributed by atoms with Crippen LogP contribution in [-0.2, 0) is 6.54 Å². The lowest BCUT2D eigenvalue weighted by Crippen LogP contribution is -2.88. The van der Waals surface area contributed by atoms with Crippen LogP contribution in [0.3, 0.4) is 0 Å². The van der Waals surface area contributed by atoms with Gasteiger partial charge in [-0.15, -0.1) is 0 Å². The van der Waals surface area contributed by atoms with Gasteiger partial charge in [0.2, 0.25) is 6.79 Å². The predicted molar refractivity (Wildman–Crippen MR) is 71.7 cm³/mol. The molecule has 1 heterocycles. The number of benzene rings is 1. The molecule has 3 rings (SSSR count). The van der Waals surface area contributed by atoms with E-state index in [0.29, 0.717) is 29.6 Å². The number of hydrogen-bond donors (Lipinski definition) is 1. The molecule has 2 N–H and O–H groups in total. The average molecular weight is 279 g/mol. The molecule has 0 saturated heterocycles. The molecule has 0 aromatic heterocycles. The number of nitro benzene ring substituents is 1. The van der Waals surface area contributed by atoms with Gasteiger partial charge in [-0.3, -0.25) is 10.1 Å². The maximum atomic E-state index is 11.2. The van der Waals surface area contributed by atoms with E-state index in [2.05, 4.69) is 5.32 Å². The van der Waals surface area contributed by atoms with Gasteiger partial charge in [-0.05, 0) is 31.7 Å². The maximum absolute atomic E-state index is 11.2. The Balaban J connectivity index is 1.75. The Kier molecular flexibility index (Phi) is 3.73. The van der Waals surface area contributed by atoms with E-state index in [0.717, 1.165) is 0 Å². The Bertz CT molecular complexity index is 512. The van der Waals surface area contributed by atoms with Crippen LogP contribution < -0.4 is 14.8 Å².